The molecule has 2 N–H and O–H groups in total. The molecule has 1 aromatic heterocycles. The van der Waals surface area contributed by atoms with Crippen LogP contribution in [-0.2, 0) is 11.3 Å². The number of anilines is 1. The fourth-order valence-electron chi connectivity index (χ4n) is 2.07. The molecule has 88 valence electrons. The van der Waals surface area contributed by atoms with Gasteiger partial charge in [-0.3, -0.25) is 9.48 Å². The minimum Gasteiger partial charge on any atom is -0.396 e. The number of likely N-dealkylation sites (tertiary alicyclic amines) is 1. The van der Waals surface area contributed by atoms with Crippen molar-refractivity contribution in [2.75, 3.05) is 18.8 Å². The van der Waals surface area contributed by atoms with E-state index in [1.807, 2.05) is 4.90 Å². The highest BCUT2D eigenvalue weighted by Crippen LogP contribution is 2.20. The van der Waals surface area contributed by atoms with E-state index in [0.29, 0.717) is 18.0 Å². The fraction of sp³-hybridized carbons (Fsp3) is 0.636. The lowest BCUT2D eigenvalue weighted by atomic mass is 10.1. The number of carbonyl (C=O) groups excluding carboxylic acids is 1. The van der Waals surface area contributed by atoms with Gasteiger partial charge in [-0.15, -0.1) is 0 Å². The zero-order valence-electron chi connectivity index (χ0n) is 9.59. The normalized spacial score (nSPS) is 20.7. The van der Waals surface area contributed by atoms with E-state index >= 15 is 0 Å². The lowest BCUT2D eigenvalue weighted by Crippen LogP contribution is -2.29. The molecule has 2 heterocycles. The number of nitrogen functional groups attached to an aromatic ring is 1. The number of nitrogens with two attached hydrogens (primary N) is 1. The molecule has 0 radical (unpaired) electrons. The highest BCUT2D eigenvalue weighted by Gasteiger charge is 2.27. The molecule has 1 aromatic rings. The molecule has 1 amide bonds. The Hall–Kier alpha value is -1.52. The summed E-state index contributed by atoms with van der Waals surface area (Å²) in [6.07, 6.45) is 5.20. The van der Waals surface area contributed by atoms with Gasteiger partial charge in [0.1, 0.15) is 0 Å². The van der Waals surface area contributed by atoms with Gasteiger partial charge in [-0.25, -0.2) is 0 Å². The molecule has 5 heteroatoms. The minimum absolute atomic E-state index is 0.270. The number of hydrogen-bond acceptors (Lipinski definition) is 3. The SMILES string of the molecule is CCC1CC(=O)N(CCn2cc(N)cn2)C1. The maximum atomic E-state index is 11.6. The van der Waals surface area contributed by atoms with E-state index in [2.05, 4.69) is 12.0 Å². The molecular weight excluding hydrogens is 204 g/mol. The van der Waals surface area contributed by atoms with E-state index in [1.54, 1.807) is 17.1 Å². The van der Waals surface area contributed by atoms with Gasteiger partial charge in [0, 0.05) is 25.7 Å². The van der Waals surface area contributed by atoms with E-state index in [9.17, 15) is 4.79 Å². The summed E-state index contributed by atoms with van der Waals surface area (Å²) in [5.74, 6) is 0.808. The van der Waals surface area contributed by atoms with Gasteiger partial charge in [-0.2, -0.15) is 5.10 Å². The number of aromatic nitrogens is 2. The summed E-state index contributed by atoms with van der Waals surface area (Å²) >= 11 is 0. The Kier molecular flexibility index (Phi) is 3.12. The Bertz CT molecular complexity index is 374. The molecule has 0 spiro atoms. The zero-order chi connectivity index (χ0) is 11.5. The third-order valence-electron chi connectivity index (χ3n) is 3.12. The van der Waals surface area contributed by atoms with Crippen molar-refractivity contribution in [1.82, 2.24) is 14.7 Å². The van der Waals surface area contributed by atoms with E-state index in [-0.39, 0.29) is 5.91 Å². The third kappa shape index (κ3) is 2.35. The molecule has 16 heavy (non-hydrogen) atoms. The van der Waals surface area contributed by atoms with E-state index in [1.165, 1.54) is 0 Å². The van der Waals surface area contributed by atoms with Crippen molar-refractivity contribution in [1.29, 1.82) is 0 Å². The summed E-state index contributed by atoms with van der Waals surface area (Å²) in [5.41, 5.74) is 6.24. The lowest BCUT2D eigenvalue weighted by molar-refractivity contribution is -0.127. The molecule has 0 aromatic carbocycles. The number of nitrogens with zero attached hydrogens (tertiary/aromatic N) is 3. The predicted molar refractivity (Wildman–Crippen MR) is 61.6 cm³/mol. The monoisotopic (exact) mass is 222 g/mol. The van der Waals surface area contributed by atoms with Crippen molar-refractivity contribution in [3.8, 4) is 0 Å². The Balaban J connectivity index is 1.84. The first kappa shape index (κ1) is 11.0. The van der Waals surface area contributed by atoms with Gasteiger partial charge in [0.15, 0.2) is 0 Å². The van der Waals surface area contributed by atoms with E-state index < -0.39 is 0 Å². The van der Waals surface area contributed by atoms with Gasteiger partial charge in [0.2, 0.25) is 5.91 Å². The maximum Gasteiger partial charge on any atom is 0.222 e. The van der Waals surface area contributed by atoms with Crippen LogP contribution in [0.25, 0.3) is 0 Å². The largest absolute Gasteiger partial charge is 0.396 e. The third-order valence-corrected chi connectivity index (χ3v) is 3.12. The second-order valence-electron chi connectivity index (χ2n) is 4.35. The van der Waals surface area contributed by atoms with E-state index in [4.69, 9.17) is 5.73 Å². The second kappa shape index (κ2) is 4.55. The smallest absolute Gasteiger partial charge is 0.222 e. The van der Waals surface area contributed by atoms with E-state index in [0.717, 1.165) is 26.1 Å². The van der Waals surface area contributed by atoms with Crippen molar-refractivity contribution in [2.45, 2.75) is 26.3 Å². The molecule has 1 fully saturated rings. The molecule has 5 nitrogen and oxygen atoms in total. The number of amides is 1. The molecule has 0 aliphatic carbocycles. The second-order valence-corrected chi connectivity index (χ2v) is 4.35. The minimum atomic E-state index is 0.270. The first-order valence-electron chi connectivity index (χ1n) is 5.74. The predicted octanol–water partition coefficient (Wildman–Crippen LogP) is 0.724. The van der Waals surface area contributed by atoms with Crippen molar-refractivity contribution in [2.24, 2.45) is 5.92 Å². The van der Waals surface area contributed by atoms with Gasteiger partial charge in [0.05, 0.1) is 18.4 Å². The van der Waals surface area contributed by atoms with Gasteiger partial charge in [-0.1, -0.05) is 13.3 Å². The summed E-state index contributed by atoms with van der Waals surface area (Å²) in [6.45, 7) is 4.48. The van der Waals surface area contributed by atoms with Crippen LogP contribution >= 0.6 is 0 Å². The number of hydrogen-bond donors (Lipinski definition) is 1. The average molecular weight is 222 g/mol. The fourth-order valence-corrected chi connectivity index (χ4v) is 2.07. The topological polar surface area (TPSA) is 64.2 Å². The van der Waals surface area contributed by atoms with Gasteiger partial charge in [-0.05, 0) is 5.92 Å². The van der Waals surface area contributed by atoms with Crippen LogP contribution in [0.15, 0.2) is 12.4 Å². The maximum absolute atomic E-state index is 11.6. The van der Waals surface area contributed by atoms with Crippen molar-refractivity contribution < 1.29 is 4.79 Å². The molecule has 0 saturated carbocycles. The Morgan fingerprint density at radius 3 is 2.94 bits per heavy atom. The number of rotatable bonds is 4. The van der Waals surface area contributed by atoms with Crippen LogP contribution in [-0.4, -0.2) is 33.7 Å². The molecule has 1 aliphatic heterocycles. The quantitative estimate of drug-likeness (QED) is 0.816. The summed E-state index contributed by atoms with van der Waals surface area (Å²) in [6, 6.07) is 0. The zero-order valence-corrected chi connectivity index (χ0v) is 9.59. The van der Waals surface area contributed by atoms with Gasteiger partial charge >= 0.3 is 0 Å². The van der Waals surface area contributed by atoms with Crippen molar-refractivity contribution in [3.05, 3.63) is 12.4 Å². The van der Waals surface area contributed by atoms with Crippen LogP contribution in [0.1, 0.15) is 19.8 Å². The van der Waals surface area contributed by atoms with Crippen molar-refractivity contribution >= 4 is 11.6 Å². The number of carbonyl (C=O) groups is 1. The standard InChI is InChI=1S/C11H18N4O/c1-2-9-5-11(16)14(7-9)3-4-15-8-10(12)6-13-15/h6,8-9H,2-5,7,12H2,1H3. The van der Waals surface area contributed by atoms with Gasteiger partial charge in [0.25, 0.3) is 0 Å². The Morgan fingerprint density at radius 1 is 1.56 bits per heavy atom. The highest BCUT2D eigenvalue weighted by atomic mass is 16.2. The van der Waals surface area contributed by atoms with Crippen molar-refractivity contribution in [3.63, 3.8) is 0 Å². The van der Waals surface area contributed by atoms with Crippen LogP contribution in [0.2, 0.25) is 0 Å². The van der Waals surface area contributed by atoms with Crippen LogP contribution in [0.3, 0.4) is 0 Å². The summed E-state index contributed by atoms with van der Waals surface area (Å²) in [7, 11) is 0. The first-order valence-corrected chi connectivity index (χ1v) is 5.74. The summed E-state index contributed by atoms with van der Waals surface area (Å²) in [5, 5.41) is 4.09. The van der Waals surface area contributed by atoms with Crippen LogP contribution in [0, 0.1) is 5.92 Å². The summed E-state index contributed by atoms with van der Waals surface area (Å²) in [4.78, 5) is 13.6. The van der Waals surface area contributed by atoms with Crippen LogP contribution in [0.4, 0.5) is 5.69 Å². The molecule has 1 unspecified atom stereocenters. The Labute approximate surface area is 95.2 Å². The molecule has 1 atom stereocenters. The molecule has 1 aliphatic rings. The molecule has 0 bridgehead atoms. The van der Waals surface area contributed by atoms with Gasteiger partial charge < -0.3 is 10.6 Å². The van der Waals surface area contributed by atoms with Crippen LogP contribution in [0.5, 0.6) is 0 Å². The molecular formula is C11H18N4O. The highest BCUT2D eigenvalue weighted by molar-refractivity contribution is 5.78. The van der Waals surface area contributed by atoms with Crippen LogP contribution < -0.4 is 5.73 Å². The summed E-state index contributed by atoms with van der Waals surface area (Å²) < 4.78 is 1.78. The average Bonchev–Trinajstić information content (AvgIpc) is 2.82. The molecule has 2 rings (SSSR count). The lowest BCUT2D eigenvalue weighted by Gasteiger charge is -2.16. The first-order chi connectivity index (χ1) is 7.69. The Morgan fingerprint density at radius 2 is 2.38 bits per heavy atom. The molecule has 1 saturated heterocycles.